The molecule has 1 heterocycles. The van der Waals surface area contributed by atoms with Gasteiger partial charge in [0.25, 0.3) is 5.69 Å². The molecule has 4 N–H and O–H groups in total. The highest BCUT2D eigenvalue weighted by Crippen LogP contribution is 2.26. The molecule has 0 bridgehead atoms. The number of thioether (sulfide) groups is 1. The maximum atomic E-state index is 12.5. The van der Waals surface area contributed by atoms with Crippen LogP contribution in [0.25, 0.3) is 0 Å². The lowest BCUT2D eigenvalue weighted by molar-refractivity contribution is -0.384. The number of benzene rings is 1. The number of rotatable bonds is 10. The SMILES string of the molecule is NC(=O)NCNC(=O)CCSC[C@@H]1C[C@@H](S)CN1C(=O)OCc1ccc([N+](=O)[O-])cc1. The summed E-state index contributed by atoms with van der Waals surface area (Å²) in [5.41, 5.74) is 5.54. The summed E-state index contributed by atoms with van der Waals surface area (Å²) in [6.07, 6.45) is 0.528. The van der Waals surface area contributed by atoms with Crippen LogP contribution in [0.5, 0.6) is 0 Å². The topological polar surface area (TPSA) is 157 Å². The largest absolute Gasteiger partial charge is 0.445 e. The lowest BCUT2D eigenvalue weighted by Gasteiger charge is -2.23. The van der Waals surface area contributed by atoms with Crippen LogP contribution in [0, 0.1) is 10.1 Å². The van der Waals surface area contributed by atoms with Crippen molar-refractivity contribution in [1.82, 2.24) is 15.5 Å². The monoisotopic (exact) mass is 471 g/mol. The second kappa shape index (κ2) is 12.2. The number of carbonyl (C=O) groups is 3. The van der Waals surface area contributed by atoms with Crippen molar-refractivity contribution in [3.05, 3.63) is 39.9 Å². The van der Waals surface area contributed by atoms with E-state index in [-0.39, 0.29) is 42.6 Å². The van der Waals surface area contributed by atoms with Crippen LogP contribution in [0.4, 0.5) is 15.3 Å². The Labute approximate surface area is 189 Å². The number of nitro benzene ring substituents is 1. The van der Waals surface area contributed by atoms with Crippen molar-refractivity contribution in [2.24, 2.45) is 5.73 Å². The zero-order chi connectivity index (χ0) is 22.8. The van der Waals surface area contributed by atoms with Crippen molar-refractivity contribution < 1.29 is 24.0 Å². The average Bonchev–Trinajstić information content (AvgIpc) is 3.10. The minimum Gasteiger partial charge on any atom is -0.445 e. The van der Waals surface area contributed by atoms with Gasteiger partial charge in [0.1, 0.15) is 6.61 Å². The van der Waals surface area contributed by atoms with Gasteiger partial charge in [-0.1, -0.05) is 0 Å². The van der Waals surface area contributed by atoms with E-state index < -0.39 is 17.0 Å². The van der Waals surface area contributed by atoms with Gasteiger partial charge in [-0.25, -0.2) is 9.59 Å². The smallest absolute Gasteiger partial charge is 0.410 e. The molecule has 13 heteroatoms. The van der Waals surface area contributed by atoms with E-state index in [0.717, 1.165) is 6.42 Å². The highest BCUT2D eigenvalue weighted by Gasteiger charge is 2.34. The van der Waals surface area contributed by atoms with E-state index >= 15 is 0 Å². The number of primary amides is 1. The predicted molar refractivity (Wildman–Crippen MR) is 119 cm³/mol. The molecule has 1 saturated heterocycles. The maximum absolute atomic E-state index is 12.5. The maximum Gasteiger partial charge on any atom is 0.410 e. The Hall–Kier alpha value is -2.67. The Balaban J connectivity index is 1.73. The summed E-state index contributed by atoms with van der Waals surface area (Å²) in [6, 6.07) is 5.06. The van der Waals surface area contributed by atoms with E-state index in [2.05, 4.69) is 23.3 Å². The van der Waals surface area contributed by atoms with Gasteiger partial charge in [0, 0.05) is 47.9 Å². The Bertz CT molecular complexity index is 794. The van der Waals surface area contributed by atoms with Crippen LogP contribution in [0.1, 0.15) is 18.4 Å². The molecule has 11 nitrogen and oxygen atoms in total. The molecule has 170 valence electrons. The number of likely N-dealkylation sites (tertiary alicyclic amines) is 1. The van der Waals surface area contributed by atoms with Crippen molar-refractivity contribution >= 4 is 48.1 Å². The fourth-order valence-corrected chi connectivity index (χ4v) is 4.42. The molecule has 0 spiro atoms. The number of non-ortho nitro benzene ring substituents is 1. The van der Waals surface area contributed by atoms with Crippen LogP contribution in [0.15, 0.2) is 24.3 Å². The minimum atomic E-state index is -0.710. The van der Waals surface area contributed by atoms with Crippen molar-refractivity contribution in [3.8, 4) is 0 Å². The first kappa shape index (κ1) is 24.6. The molecule has 0 aromatic heterocycles. The molecule has 31 heavy (non-hydrogen) atoms. The molecular weight excluding hydrogens is 446 g/mol. The van der Waals surface area contributed by atoms with E-state index in [1.807, 2.05) is 0 Å². The Morgan fingerprint density at radius 1 is 1.29 bits per heavy atom. The second-order valence-corrected chi connectivity index (χ2v) is 8.70. The summed E-state index contributed by atoms with van der Waals surface area (Å²) in [7, 11) is 0. The van der Waals surface area contributed by atoms with Crippen molar-refractivity contribution in [3.63, 3.8) is 0 Å². The van der Waals surface area contributed by atoms with Gasteiger partial charge in [0.15, 0.2) is 0 Å². The summed E-state index contributed by atoms with van der Waals surface area (Å²) in [5, 5.41) is 15.5. The molecule has 1 aromatic carbocycles. The first-order chi connectivity index (χ1) is 14.8. The Kier molecular flexibility index (Phi) is 9.72. The number of nitrogens with zero attached hydrogens (tertiary/aromatic N) is 2. The number of nitrogens with two attached hydrogens (primary N) is 1. The third kappa shape index (κ3) is 8.53. The molecule has 0 aliphatic carbocycles. The molecule has 1 aromatic rings. The van der Waals surface area contributed by atoms with Gasteiger partial charge in [0.2, 0.25) is 5.91 Å². The van der Waals surface area contributed by atoms with Crippen LogP contribution in [0.2, 0.25) is 0 Å². The van der Waals surface area contributed by atoms with Gasteiger partial charge in [-0.2, -0.15) is 24.4 Å². The van der Waals surface area contributed by atoms with Gasteiger partial charge < -0.3 is 26.0 Å². The fourth-order valence-electron chi connectivity index (χ4n) is 2.92. The summed E-state index contributed by atoms with van der Waals surface area (Å²) < 4.78 is 5.36. The van der Waals surface area contributed by atoms with Crippen molar-refractivity contribution in [2.75, 3.05) is 24.7 Å². The number of thiol groups is 1. The molecule has 2 rings (SSSR count). The Morgan fingerprint density at radius 2 is 2.00 bits per heavy atom. The lowest BCUT2D eigenvalue weighted by Crippen LogP contribution is -2.40. The van der Waals surface area contributed by atoms with E-state index in [9.17, 15) is 24.5 Å². The zero-order valence-electron chi connectivity index (χ0n) is 16.7. The highest BCUT2D eigenvalue weighted by atomic mass is 32.2. The summed E-state index contributed by atoms with van der Waals surface area (Å²) in [5.74, 6) is 0.984. The van der Waals surface area contributed by atoms with Gasteiger partial charge in [0.05, 0.1) is 11.6 Å². The minimum absolute atomic E-state index is 0.0167. The second-order valence-electron chi connectivity index (χ2n) is 6.82. The number of nitrogens with one attached hydrogen (secondary N) is 2. The quantitative estimate of drug-likeness (QED) is 0.132. The molecule has 2 atom stereocenters. The number of ether oxygens (including phenoxy) is 1. The van der Waals surface area contributed by atoms with E-state index in [4.69, 9.17) is 10.5 Å². The summed E-state index contributed by atoms with van der Waals surface area (Å²) in [6.45, 7) is 0.466. The first-order valence-electron chi connectivity index (χ1n) is 9.48. The van der Waals surface area contributed by atoms with E-state index in [1.54, 1.807) is 28.8 Å². The molecule has 0 saturated carbocycles. The van der Waals surface area contributed by atoms with E-state index in [0.29, 0.717) is 23.6 Å². The molecule has 0 unspecified atom stereocenters. The van der Waals surface area contributed by atoms with E-state index in [1.165, 1.54) is 12.1 Å². The Morgan fingerprint density at radius 3 is 2.65 bits per heavy atom. The van der Waals surface area contributed by atoms with Gasteiger partial charge in [-0.3, -0.25) is 14.9 Å². The first-order valence-corrected chi connectivity index (χ1v) is 11.2. The number of hydrogen-bond acceptors (Lipinski definition) is 8. The fraction of sp³-hybridized carbons (Fsp3) is 0.500. The zero-order valence-corrected chi connectivity index (χ0v) is 18.4. The normalized spacial score (nSPS) is 17.8. The third-order valence-corrected chi connectivity index (χ3v) is 5.96. The van der Waals surface area contributed by atoms with Gasteiger partial charge >= 0.3 is 12.1 Å². The number of urea groups is 1. The van der Waals surface area contributed by atoms with Gasteiger partial charge in [-0.05, 0) is 24.1 Å². The lowest BCUT2D eigenvalue weighted by atomic mass is 10.2. The van der Waals surface area contributed by atoms with Gasteiger partial charge in [-0.15, -0.1) is 0 Å². The number of carbonyl (C=O) groups excluding carboxylic acids is 3. The summed E-state index contributed by atoms with van der Waals surface area (Å²) >= 11 is 6.02. The van der Waals surface area contributed by atoms with Crippen LogP contribution in [0.3, 0.4) is 0 Å². The van der Waals surface area contributed by atoms with Crippen LogP contribution >= 0.6 is 24.4 Å². The van der Waals surface area contributed by atoms with Crippen molar-refractivity contribution in [1.29, 1.82) is 0 Å². The average molecular weight is 472 g/mol. The number of nitro groups is 1. The molecule has 1 fully saturated rings. The van der Waals surface area contributed by atoms with Crippen LogP contribution < -0.4 is 16.4 Å². The summed E-state index contributed by atoms with van der Waals surface area (Å²) in [4.78, 5) is 46.6. The highest BCUT2D eigenvalue weighted by molar-refractivity contribution is 7.99. The molecule has 1 aliphatic heterocycles. The number of amides is 4. The van der Waals surface area contributed by atoms with Crippen LogP contribution in [-0.2, 0) is 16.1 Å². The predicted octanol–water partition coefficient (Wildman–Crippen LogP) is 1.47. The third-order valence-electron chi connectivity index (χ3n) is 4.47. The number of hydrogen-bond donors (Lipinski definition) is 4. The standard InChI is InChI=1S/C18H25N5O6S2/c19-17(25)21-11-20-16(24)5-6-31-10-14-7-15(30)8-22(14)18(26)29-9-12-1-3-13(4-2-12)23(27)28/h1-4,14-15,30H,5-11H2,(H,20,24)(H3,19,21,25)/t14-,15+/m0/s1. The molecule has 1 aliphatic rings. The molecular formula is C18H25N5O6S2. The van der Waals surface area contributed by atoms with Crippen LogP contribution in [-0.4, -0.2) is 63.9 Å². The molecule has 4 amide bonds. The van der Waals surface area contributed by atoms with Crippen molar-refractivity contribution in [2.45, 2.75) is 30.7 Å². The molecule has 0 radical (unpaired) electrons.